The fourth-order valence-electron chi connectivity index (χ4n) is 1.92. The molecule has 2 aromatic carbocycles. The maximum absolute atomic E-state index is 6.28. The van der Waals surface area contributed by atoms with E-state index in [1.54, 1.807) is 12.1 Å². The lowest BCUT2D eigenvalue weighted by Crippen LogP contribution is -2.15. The molecule has 4 heteroatoms. The summed E-state index contributed by atoms with van der Waals surface area (Å²) in [6.45, 7) is 0.810. The molecule has 1 saturated carbocycles. The Hall–Kier alpha value is -1.22. The second-order valence-corrected chi connectivity index (χ2v) is 5.81. The topological polar surface area (TPSA) is 21.3 Å². The number of hydrogen-bond donors (Lipinski definition) is 1. The highest BCUT2D eigenvalue weighted by atomic mass is 35.5. The van der Waals surface area contributed by atoms with E-state index in [1.165, 1.54) is 12.8 Å². The first-order valence-electron chi connectivity index (χ1n) is 6.66. The first-order valence-corrected chi connectivity index (χ1v) is 7.41. The van der Waals surface area contributed by atoms with Crippen molar-refractivity contribution in [3.05, 3.63) is 58.1 Å². The smallest absolute Gasteiger partial charge is 0.128 e. The molecule has 0 heterocycles. The molecular weight excluding hydrogens is 293 g/mol. The molecule has 0 radical (unpaired) electrons. The van der Waals surface area contributed by atoms with E-state index < -0.39 is 0 Å². The molecule has 0 saturated heterocycles. The van der Waals surface area contributed by atoms with Crippen molar-refractivity contribution >= 4 is 23.2 Å². The Kier molecular flexibility index (Phi) is 4.16. The van der Waals surface area contributed by atoms with E-state index in [2.05, 4.69) is 5.32 Å². The van der Waals surface area contributed by atoms with Crippen LogP contribution in [0.25, 0.3) is 0 Å². The summed E-state index contributed by atoms with van der Waals surface area (Å²) in [6, 6.07) is 13.7. The largest absolute Gasteiger partial charge is 0.457 e. The molecule has 1 fully saturated rings. The molecule has 1 N–H and O–H groups in total. The molecule has 0 aliphatic heterocycles. The summed E-state index contributed by atoms with van der Waals surface area (Å²) in [7, 11) is 0. The Morgan fingerprint density at radius 1 is 1.00 bits per heavy atom. The van der Waals surface area contributed by atoms with Gasteiger partial charge in [0.15, 0.2) is 0 Å². The van der Waals surface area contributed by atoms with E-state index in [-0.39, 0.29) is 0 Å². The van der Waals surface area contributed by atoms with Crippen molar-refractivity contribution in [3.8, 4) is 11.5 Å². The summed E-state index contributed by atoms with van der Waals surface area (Å²) in [5.41, 5.74) is 1.10. The van der Waals surface area contributed by atoms with Crippen LogP contribution in [0.2, 0.25) is 10.0 Å². The van der Waals surface area contributed by atoms with Gasteiger partial charge >= 0.3 is 0 Å². The average Bonchev–Trinajstić information content (AvgIpc) is 3.25. The second-order valence-electron chi connectivity index (χ2n) is 4.96. The molecule has 1 aliphatic rings. The summed E-state index contributed by atoms with van der Waals surface area (Å²) >= 11 is 12.1. The minimum Gasteiger partial charge on any atom is -0.457 e. The minimum absolute atomic E-state index is 0.677. The van der Waals surface area contributed by atoms with E-state index in [9.17, 15) is 0 Å². The third-order valence-electron chi connectivity index (χ3n) is 3.23. The van der Waals surface area contributed by atoms with Crippen LogP contribution in [0.15, 0.2) is 42.5 Å². The van der Waals surface area contributed by atoms with Crippen LogP contribution in [-0.4, -0.2) is 6.04 Å². The molecule has 104 valence electrons. The lowest BCUT2D eigenvalue weighted by Gasteiger charge is -2.09. The Balaban J connectivity index is 1.67. The van der Waals surface area contributed by atoms with E-state index in [0.29, 0.717) is 11.1 Å². The second kappa shape index (κ2) is 6.04. The zero-order valence-corrected chi connectivity index (χ0v) is 12.4. The van der Waals surface area contributed by atoms with Crippen LogP contribution in [0.1, 0.15) is 18.4 Å². The van der Waals surface area contributed by atoms with Gasteiger partial charge < -0.3 is 10.1 Å². The maximum atomic E-state index is 6.28. The Morgan fingerprint density at radius 2 is 1.70 bits per heavy atom. The fourth-order valence-corrected chi connectivity index (χ4v) is 2.28. The molecule has 20 heavy (non-hydrogen) atoms. The van der Waals surface area contributed by atoms with Crippen LogP contribution in [0.3, 0.4) is 0 Å². The summed E-state index contributed by atoms with van der Waals surface area (Å²) < 4.78 is 5.74. The van der Waals surface area contributed by atoms with Gasteiger partial charge in [-0.05, 0) is 54.8 Å². The van der Waals surface area contributed by atoms with Crippen LogP contribution in [-0.2, 0) is 6.54 Å². The third kappa shape index (κ3) is 3.66. The van der Waals surface area contributed by atoms with E-state index >= 15 is 0 Å². The number of halogens is 2. The molecule has 0 spiro atoms. The summed E-state index contributed by atoms with van der Waals surface area (Å²) in [5, 5.41) is 4.87. The van der Waals surface area contributed by atoms with Gasteiger partial charge in [-0.15, -0.1) is 0 Å². The SMILES string of the molecule is Clc1ccc(Oc2ccc(CNC3CC3)c(Cl)c2)cc1. The summed E-state index contributed by atoms with van der Waals surface area (Å²) in [4.78, 5) is 0. The Labute approximate surface area is 128 Å². The molecule has 3 rings (SSSR count). The average molecular weight is 308 g/mol. The predicted molar refractivity (Wildman–Crippen MR) is 82.8 cm³/mol. The van der Waals surface area contributed by atoms with Crippen LogP contribution in [0.4, 0.5) is 0 Å². The van der Waals surface area contributed by atoms with E-state index in [4.69, 9.17) is 27.9 Å². The first-order chi connectivity index (χ1) is 9.70. The lowest BCUT2D eigenvalue weighted by molar-refractivity contribution is 0.482. The molecule has 0 unspecified atom stereocenters. The van der Waals surface area contributed by atoms with Gasteiger partial charge in [0.2, 0.25) is 0 Å². The normalized spacial score (nSPS) is 14.3. The van der Waals surface area contributed by atoms with Gasteiger partial charge in [0.25, 0.3) is 0 Å². The summed E-state index contributed by atoms with van der Waals surface area (Å²) in [5.74, 6) is 1.47. The maximum Gasteiger partial charge on any atom is 0.128 e. The van der Waals surface area contributed by atoms with Crippen LogP contribution in [0.5, 0.6) is 11.5 Å². The van der Waals surface area contributed by atoms with Gasteiger partial charge in [0.05, 0.1) is 0 Å². The van der Waals surface area contributed by atoms with Gasteiger partial charge in [0, 0.05) is 22.6 Å². The van der Waals surface area contributed by atoms with Crippen molar-refractivity contribution in [2.75, 3.05) is 0 Å². The zero-order chi connectivity index (χ0) is 13.9. The molecule has 0 aromatic heterocycles. The van der Waals surface area contributed by atoms with Gasteiger partial charge in [-0.3, -0.25) is 0 Å². The number of hydrogen-bond acceptors (Lipinski definition) is 2. The first kappa shape index (κ1) is 13.7. The molecule has 2 nitrogen and oxygen atoms in total. The van der Waals surface area contributed by atoms with E-state index in [0.717, 1.165) is 28.6 Å². The van der Waals surface area contributed by atoms with Crippen molar-refractivity contribution in [2.24, 2.45) is 0 Å². The highest BCUT2D eigenvalue weighted by molar-refractivity contribution is 6.31. The highest BCUT2D eigenvalue weighted by Crippen LogP contribution is 2.28. The van der Waals surface area contributed by atoms with Gasteiger partial charge in [0.1, 0.15) is 11.5 Å². The number of rotatable bonds is 5. The van der Waals surface area contributed by atoms with Crippen molar-refractivity contribution in [3.63, 3.8) is 0 Å². The Bertz CT molecular complexity index is 594. The molecule has 2 aromatic rings. The number of benzene rings is 2. The molecule has 1 aliphatic carbocycles. The summed E-state index contributed by atoms with van der Waals surface area (Å²) in [6.07, 6.45) is 2.55. The van der Waals surface area contributed by atoms with Crippen LogP contribution < -0.4 is 10.1 Å². The monoisotopic (exact) mass is 307 g/mol. The molecular formula is C16H15Cl2NO. The molecule has 0 amide bonds. The Morgan fingerprint density at radius 3 is 2.35 bits per heavy atom. The quantitative estimate of drug-likeness (QED) is 0.835. The molecule has 0 bridgehead atoms. The van der Waals surface area contributed by atoms with Gasteiger partial charge in [-0.25, -0.2) is 0 Å². The van der Waals surface area contributed by atoms with Crippen molar-refractivity contribution in [1.29, 1.82) is 0 Å². The van der Waals surface area contributed by atoms with Crippen molar-refractivity contribution in [2.45, 2.75) is 25.4 Å². The zero-order valence-electron chi connectivity index (χ0n) is 10.9. The van der Waals surface area contributed by atoms with Crippen molar-refractivity contribution in [1.82, 2.24) is 5.32 Å². The number of ether oxygens (including phenoxy) is 1. The number of nitrogens with one attached hydrogen (secondary N) is 1. The highest BCUT2D eigenvalue weighted by Gasteiger charge is 2.20. The standard InChI is InChI=1S/C16H15Cl2NO/c17-12-2-7-14(8-3-12)20-15-6-1-11(16(18)9-15)10-19-13-4-5-13/h1-3,6-9,13,19H,4-5,10H2. The lowest BCUT2D eigenvalue weighted by atomic mass is 10.2. The van der Waals surface area contributed by atoms with Crippen LogP contribution >= 0.6 is 23.2 Å². The minimum atomic E-state index is 0.677. The van der Waals surface area contributed by atoms with Gasteiger partial charge in [-0.2, -0.15) is 0 Å². The third-order valence-corrected chi connectivity index (χ3v) is 3.84. The van der Waals surface area contributed by atoms with E-state index in [1.807, 2.05) is 30.3 Å². The molecule has 0 atom stereocenters. The predicted octanol–water partition coefficient (Wildman–Crippen LogP) is 5.04. The van der Waals surface area contributed by atoms with Crippen molar-refractivity contribution < 1.29 is 4.74 Å². The fraction of sp³-hybridized carbons (Fsp3) is 0.250. The van der Waals surface area contributed by atoms with Crippen LogP contribution in [0, 0.1) is 0 Å². The van der Waals surface area contributed by atoms with Gasteiger partial charge in [-0.1, -0.05) is 29.3 Å².